The third-order valence-electron chi connectivity index (χ3n) is 10.9. The molecule has 5 nitrogen and oxygen atoms in total. The maximum absolute atomic E-state index is 12.5. The smallest absolute Gasteiger partial charge is 0.306 e. The number of hydrogen-bond donors (Lipinski definition) is 0. The molecule has 0 amide bonds. The van der Waals surface area contributed by atoms with Gasteiger partial charge in [-0.3, -0.25) is 9.59 Å². The van der Waals surface area contributed by atoms with Crippen molar-refractivity contribution in [1.29, 1.82) is 0 Å². The Balaban J connectivity index is 3.96. The molecule has 0 unspecified atom stereocenters. The summed E-state index contributed by atoms with van der Waals surface area (Å²) in [5.41, 5.74) is 0. The lowest BCUT2D eigenvalue weighted by Crippen LogP contribution is -2.21. The minimum absolute atomic E-state index is 0.0345. The van der Waals surface area contributed by atoms with E-state index in [1.165, 1.54) is 186 Å². The standard InChI is InChI=1S/C46H91NO4/c1-7-11-23-31-42(32-24-12-8-2)39-45(48)50-37-29-21-17-15-19-27-35-44(41-47(5)6)36-28-20-16-18-22-30-38-51-46(49)40-43(33-25-13-9-3)34-26-14-10-4/h42-44H,7-41H2,1-6H3. The molecule has 0 saturated heterocycles. The molecule has 5 heteroatoms. The summed E-state index contributed by atoms with van der Waals surface area (Å²) in [7, 11) is 4.43. The van der Waals surface area contributed by atoms with Crippen LogP contribution in [0.2, 0.25) is 0 Å². The third kappa shape index (κ3) is 35.7. The molecular weight excluding hydrogens is 631 g/mol. The van der Waals surface area contributed by atoms with E-state index in [9.17, 15) is 9.59 Å². The summed E-state index contributed by atoms with van der Waals surface area (Å²) >= 11 is 0. The van der Waals surface area contributed by atoms with E-state index in [-0.39, 0.29) is 11.9 Å². The largest absolute Gasteiger partial charge is 0.466 e. The zero-order chi connectivity index (χ0) is 37.6. The van der Waals surface area contributed by atoms with Crippen molar-refractivity contribution in [3.8, 4) is 0 Å². The Labute approximate surface area is 319 Å². The predicted octanol–water partition coefficient (Wildman–Crippen LogP) is 14.0. The molecule has 0 aromatic carbocycles. The maximum Gasteiger partial charge on any atom is 0.306 e. The molecular formula is C46H91NO4. The second-order valence-corrected chi connectivity index (χ2v) is 16.5. The fourth-order valence-corrected chi connectivity index (χ4v) is 7.72. The second kappa shape index (κ2) is 38.6. The van der Waals surface area contributed by atoms with Gasteiger partial charge in [0.05, 0.1) is 13.2 Å². The molecule has 0 N–H and O–H groups in total. The molecule has 0 heterocycles. The normalized spacial score (nSPS) is 11.8. The van der Waals surface area contributed by atoms with Crippen LogP contribution in [0.25, 0.3) is 0 Å². The number of ether oxygens (including phenoxy) is 2. The molecule has 0 fully saturated rings. The molecule has 0 aliphatic carbocycles. The lowest BCUT2D eigenvalue weighted by Gasteiger charge is -2.21. The molecule has 0 radical (unpaired) electrons. The SMILES string of the molecule is CCCCCC(CCCCC)CC(=O)OCCCCCCCCC(CCCCCCCCOC(=O)CC(CCCCC)CCCCC)CN(C)C. The van der Waals surface area contributed by atoms with Crippen LogP contribution in [0.3, 0.4) is 0 Å². The van der Waals surface area contributed by atoms with Crippen LogP contribution in [-0.2, 0) is 19.1 Å². The minimum Gasteiger partial charge on any atom is -0.466 e. The van der Waals surface area contributed by atoms with Gasteiger partial charge in [-0.15, -0.1) is 0 Å². The van der Waals surface area contributed by atoms with Gasteiger partial charge in [0, 0.05) is 19.4 Å². The van der Waals surface area contributed by atoms with Gasteiger partial charge in [-0.05, 0) is 83.2 Å². The van der Waals surface area contributed by atoms with Crippen LogP contribution < -0.4 is 0 Å². The van der Waals surface area contributed by atoms with Gasteiger partial charge >= 0.3 is 11.9 Å². The molecule has 304 valence electrons. The van der Waals surface area contributed by atoms with Crippen molar-refractivity contribution in [2.75, 3.05) is 33.9 Å². The molecule has 0 bridgehead atoms. The monoisotopic (exact) mass is 722 g/mol. The van der Waals surface area contributed by atoms with Crippen LogP contribution in [0.15, 0.2) is 0 Å². The van der Waals surface area contributed by atoms with E-state index >= 15 is 0 Å². The summed E-state index contributed by atoms with van der Waals surface area (Å²) in [5.74, 6) is 1.91. The van der Waals surface area contributed by atoms with Crippen molar-refractivity contribution in [3.63, 3.8) is 0 Å². The van der Waals surface area contributed by atoms with Gasteiger partial charge in [0.1, 0.15) is 0 Å². The van der Waals surface area contributed by atoms with Gasteiger partial charge in [0.15, 0.2) is 0 Å². The van der Waals surface area contributed by atoms with Gasteiger partial charge in [-0.25, -0.2) is 0 Å². The van der Waals surface area contributed by atoms with Crippen molar-refractivity contribution >= 4 is 11.9 Å². The first-order valence-electron chi connectivity index (χ1n) is 22.8. The number of esters is 2. The average molecular weight is 722 g/mol. The van der Waals surface area contributed by atoms with Crippen LogP contribution in [0.1, 0.15) is 233 Å². The summed E-state index contributed by atoms with van der Waals surface area (Å²) in [5, 5.41) is 0. The number of carbonyl (C=O) groups excluding carboxylic acids is 2. The molecule has 0 aliphatic rings. The molecule has 0 aliphatic heterocycles. The Kier molecular flexibility index (Phi) is 37.8. The van der Waals surface area contributed by atoms with Gasteiger partial charge in [0.25, 0.3) is 0 Å². The van der Waals surface area contributed by atoms with E-state index in [4.69, 9.17) is 9.47 Å². The van der Waals surface area contributed by atoms with Gasteiger partial charge in [-0.2, -0.15) is 0 Å². The first-order chi connectivity index (χ1) is 24.9. The average Bonchev–Trinajstić information content (AvgIpc) is 3.10. The molecule has 51 heavy (non-hydrogen) atoms. The molecule has 0 rings (SSSR count). The Morgan fingerprint density at radius 2 is 0.667 bits per heavy atom. The van der Waals surface area contributed by atoms with Crippen LogP contribution in [-0.4, -0.2) is 50.7 Å². The third-order valence-corrected chi connectivity index (χ3v) is 10.9. The first kappa shape index (κ1) is 49.9. The summed E-state index contributed by atoms with van der Waals surface area (Å²) in [6.07, 6.45) is 38.5. The van der Waals surface area contributed by atoms with Crippen molar-refractivity contribution in [1.82, 2.24) is 4.90 Å². The van der Waals surface area contributed by atoms with E-state index in [0.29, 0.717) is 37.9 Å². The van der Waals surface area contributed by atoms with Crippen molar-refractivity contribution in [2.24, 2.45) is 17.8 Å². The zero-order valence-electron chi connectivity index (χ0n) is 35.6. The fraction of sp³-hybridized carbons (Fsp3) is 0.957. The van der Waals surface area contributed by atoms with E-state index in [2.05, 4.69) is 46.7 Å². The van der Waals surface area contributed by atoms with Crippen LogP contribution >= 0.6 is 0 Å². The summed E-state index contributed by atoms with van der Waals surface area (Å²) in [6, 6.07) is 0. The lowest BCUT2D eigenvalue weighted by atomic mass is 9.92. The van der Waals surface area contributed by atoms with E-state index in [0.717, 1.165) is 18.8 Å². The van der Waals surface area contributed by atoms with E-state index in [1.54, 1.807) is 0 Å². The van der Waals surface area contributed by atoms with E-state index < -0.39 is 0 Å². The summed E-state index contributed by atoms with van der Waals surface area (Å²) < 4.78 is 11.3. The highest BCUT2D eigenvalue weighted by atomic mass is 16.5. The van der Waals surface area contributed by atoms with Crippen molar-refractivity contribution < 1.29 is 19.1 Å². The summed E-state index contributed by atoms with van der Waals surface area (Å²) in [4.78, 5) is 27.3. The number of carbonyl (C=O) groups is 2. The fourth-order valence-electron chi connectivity index (χ4n) is 7.72. The Morgan fingerprint density at radius 3 is 0.980 bits per heavy atom. The predicted molar refractivity (Wildman–Crippen MR) is 221 cm³/mol. The highest BCUT2D eigenvalue weighted by Gasteiger charge is 2.16. The van der Waals surface area contributed by atoms with Crippen molar-refractivity contribution in [2.45, 2.75) is 233 Å². The Bertz CT molecular complexity index is 665. The molecule has 0 aromatic rings. The quantitative estimate of drug-likeness (QED) is 0.0466. The van der Waals surface area contributed by atoms with Gasteiger partial charge in [-0.1, -0.05) is 169 Å². The maximum atomic E-state index is 12.5. The highest BCUT2D eigenvalue weighted by Crippen LogP contribution is 2.24. The minimum atomic E-state index is 0.0345. The molecule has 0 spiro atoms. The molecule has 0 atom stereocenters. The van der Waals surface area contributed by atoms with Crippen LogP contribution in [0, 0.1) is 17.8 Å². The first-order valence-corrected chi connectivity index (χ1v) is 22.8. The lowest BCUT2D eigenvalue weighted by molar-refractivity contribution is -0.146. The highest BCUT2D eigenvalue weighted by molar-refractivity contribution is 5.70. The molecule has 0 aromatic heterocycles. The van der Waals surface area contributed by atoms with Crippen LogP contribution in [0.4, 0.5) is 0 Å². The Morgan fingerprint density at radius 1 is 0.392 bits per heavy atom. The zero-order valence-corrected chi connectivity index (χ0v) is 35.6. The molecule has 0 saturated carbocycles. The van der Waals surface area contributed by atoms with Gasteiger partial charge in [0.2, 0.25) is 0 Å². The van der Waals surface area contributed by atoms with Gasteiger partial charge < -0.3 is 14.4 Å². The van der Waals surface area contributed by atoms with E-state index in [1.807, 2.05) is 0 Å². The Hall–Kier alpha value is -1.10. The van der Waals surface area contributed by atoms with Crippen LogP contribution in [0.5, 0.6) is 0 Å². The summed E-state index contributed by atoms with van der Waals surface area (Å²) in [6.45, 7) is 11.4. The number of unbranched alkanes of at least 4 members (excludes halogenated alkanes) is 18. The topological polar surface area (TPSA) is 55.8 Å². The van der Waals surface area contributed by atoms with Crippen molar-refractivity contribution in [3.05, 3.63) is 0 Å². The number of rotatable bonds is 40. The number of nitrogens with zero attached hydrogens (tertiary/aromatic N) is 1. The second-order valence-electron chi connectivity index (χ2n) is 16.5. The number of hydrogen-bond acceptors (Lipinski definition) is 5.